The molecule has 0 saturated carbocycles. The number of piperidine rings is 1. The molecule has 0 spiro atoms. The summed E-state index contributed by atoms with van der Waals surface area (Å²) in [5, 5.41) is 3.56. The summed E-state index contributed by atoms with van der Waals surface area (Å²) < 4.78 is 6.70. The molecule has 1 fully saturated rings. The molecule has 0 bridgehead atoms. The Morgan fingerprint density at radius 2 is 2.39 bits per heavy atom. The van der Waals surface area contributed by atoms with Crippen molar-refractivity contribution in [2.45, 2.75) is 51.2 Å². The SMILES string of the molecule is COC(=O)C(C)n1cncc1C1CCCC(C)N1. The molecule has 1 aliphatic heterocycles. The summed E-state index contributed by atoms with van der Waals surface area (Å²) >= 11 is 0. The van der Waals surface area contributed by atoms with Gasteiger partial charge in [0.15, 0.2) is 0 Å². The van der Waals surface area contributed by atoms with Crippen LogP contribution in [0, 0.1) is 0 Å². The lowest BCUT2D eigenvalue weighted by Gasteiger charge is -2.30. The first kappa shape index (κ1) is 13.1. The molecular formula is C13H21N3O2. The summed E-state index contributed by atoms with van der Waals surface area (Å²) in [4.78, 5) is 15.8. The van der Waals surface area contributed by atoms with Gasteiger partial charge in [-0.25, -0.2) is 9.78 Å². The molecule has 5 nitrogen and oxygen atoms in total. The van der Waals surface area contributed by atoms with E-state index in [-0.39, 0.29) is 18.1 Å². The summed E-state index contributed by atoms with van der Waals surface area (Å²) in [6, 6.07) is 0.468. The van der Waals surface area contributed by atoms with E-state index >= 15 is 0 Å². The first-order chi connectivity index (χ1) is 8.63. The van der Waals surface area contributed by atoms with Crippen molar-refractivity contribution in [1.29, 1.82) is 0 Å². The van der Waals surface area contributed by atoms with Gasteiger partial charge in [-0.3, -0.25) is 0 Å². The lowest BCUT2D eigenvalue weighted by molar-refractivity contribution is -0.144. The first-order valence-electron chi connectivity index (χ1n) is 6.49. The van der Waals surface area contributed by atoms with Crippen LogP contribution in [0.3, 0.4) is 0 Å². The Labute approximate surface area is 108 Å². The summed E-state index contributed by atoms with van der Waals surface area (Å²) in [7, 11) is 1.41. The molecule has 100 valence electrons. The van der Waals surface area contributed by atoms with E-state index in [1.54, 1.807) is 6.33 Å². The third kappa shape index (κ3) is 2.56. The number of aromatic nitrogens is 2. The van der Waals surface area contributed by atoms with Crippen LogP contribution in [0.2, 0.25) is 0 Å². The van der Waals surface area contributed by atoms with E-state index in [1.807, 2.05) is 17.7 Å². The fourth-order valence-corrected chi connectivity index (χ4v) is 2.56. The summed E-state index contributed by atoms with van der Waals surface area (Å²) in [6.07, 6.45) is 7.05. The maximum atomic E-state index is 11.6. The number of carbonyl (C=O) groups is 1. The van der Waals surface area contributed by atoms with Gasteiger partial charge in [0.25, 0.3) is 0 Å². The molecular weight excluding hydrogens is 230 g/mol. The number of nitrogens with zero attached hydrogens (tertiary/aromatic N) is 2. The lowest BCUT2D eigenvalue weighted by atomic mass is 9.97. The molecule has 1 N–H and O–H groups in total. The minimum atomic E-state index is -0.327. The van der Waals surface area contributed by atoms with Crippen molar-refractivity contribution in [2.75, 3.05) is 7.11 Å². The Bertz CT molecular complexity index is 416. The van der Waals surface area contributed by atoms with Crippen molar-refractivity contribution in [3.63, 3.8) is 0 Å². The zero-order valence-electron chi connectivity index (χ0n) is 11.2. The highest BCUT2D eigenvalue weighted by Crippen LogP contribution is 2.27. The van der Waals surface area contributed by atoms with Crippen LogP contribution in [-0.2, 0) is 9.53 Å². The van der Waals surface area contributed by atoms with Gasteiger partial charge in [-0.15, -0.1) is 0 Å². The van der Waals surface area contributed by atoms with Crippen LogP contribution in [-0.4, -0.2) is 28.7 Å². The second kappa shape index (κ2) is 5.52. The maximum Gasteiger partial charge on any atom is 0.328 e. The van der Waals surface area contributed by atoms with Crippen LogP contribution < -0.4 is 5.32 Å². The molecule has 1 saturated heterocycles. The molecule has 18 heavy (non-hydrogen) atoms. The van der Waals surface area contributed by atoms with Crippen LogP contribution in [0.25, 0.3) is 0 Å². The number of hydrogen-bond acceptors (Lipinski definition) is 4. The minimum absolute atomic E-state index is 0.238. The van der Waals surface area contributed by atoms with Gasteiger partial charge in [0.05, 0.1) is 19.1 Å². The Kier molecular flexibility index (Phi) is 4.01. The Morgan fingerprint density at radius 1 is 1.61 bits per heavy atom. The molecule has 2 rings (SSSR count). The number of esters is 1. The molecule has 1 aromatic rings. The van der Waals surface area contributed by atoms with E-state index in [2.05, 4.69) is 17.2 Å². The zero-order valence-corrected chi connectivity index (χ0v) is 11.2. The molecule has 0 radical (unpaired) electrons. The van der Waals surface area contributed by atoms with Crippen LogP contribution in [0.5, 0.6) is 0 Å². The smallest absolute Gasteiger partial charge is 0.328 e. The van der Waals surface area contributed by atoms with E-state index in [0.29, 0.717) is 6.04 Å². The Balaban J connectivity index is 2.19. The van der Waals surface area contributed by atoms with Gasteiger partial charge in [-0.1, -0.05) is 0 Å². The van der Waals surface area contributed by atoms with E-state index in [4.69, 9.17) is 4.74 Å². The predicted molar refractivity (Wildman–Crippen MR) is 68.1 cm³/mol. The van der Waals surface area contributed by atoms with E-state index < -0.39 is 0 Å². The zero-order chi connectivity index (χ0) is 13.1. The van der Waals surface area contributed by atoms with Gasteiger partial charge in [0.1, 0.15) is 6.04 Å². The second-order valence-corrected chi connectivity index (χ2v) is 4.98. The molecule has 5 heteroatoms. The second-order valence-electron chi connectivity index (χ2n) is 4.98. The molecule has 0 amide bonds. The maximum absolute atomic E-state index is 11.6. The highest BCUT2D eigenvalue weighted by atomic mass is 16.5. The van der Waals surface area contributed by atoms with Gasteiger partial charge in [0, 0.05) is 18.3 Å². The number of hydrogen-bond donors (Lipinski definition) is 1. The fraction of sp³-hybridized carbons (Fsp3) is 0.692. The van der Waals surface area contributed by atoms with E-state index in [1.165, 1.54) is 20.0 Å². The van der Waals surface area contributed by atoms with Gasteiger partial charge in [-0.2, -0.15) is 0 Å². The number of imidazole rings is 1. The van der Waals surface area contributed by atoms with E-state index in [9.17, 15) is 4.79 Å². The molecule has 3 unspecified atom stereocenters. The van der Waals surface area contributed by atoms with Crippen molar-refractivity contribution in [2.24, 2.45) is 0 Å². The highest BCUT2D eigenvalue weighted by molar-refractivity contribution is 5.73. The van der Waals surface area contributed by atoms with Crippen molar-refractivity contribution >= 4 is 5.97 Å². The van der Waals surface area contributed by atoms with Crippen molar-refractivity contribution in [3.05, 3.63) is 18.2 Å². The summed E-state index contributed by atoms with van der Waals surface area (Å²) in [5.74, 6) is -0.238. The number of nitrogens with one attached hydrogen (secondary N) is 1. The topological polar surface area (TPSA) is 56.2 Å². The average Bonchev–Trinajstić information content (AvgIpc) is 2.86. The average molecular weight is 251 g/mol. The summed E-state index contributed by atoms with van der Waals surface area (Å²) in [6.45, 7) is 4.03. The first-order valence-corrected chi connectivity index (χ1v) is 6.49. The lowest BCUT2D eigenvalue weighted by Crippen LogP contribution is -2.36. The van der Waals surface area contributed by atoms with Crippen LogP contribution in [0.1, 0.15) is 50.9 Å². The van der Waals surface area contributed by atoms with Gasteiger partial charge in [-0.05, 0) is 33.1 Å². The van der Waals surface area contributed by atoms with Gasteiger partial charge < -0.3 is 14.6 Å². The van der Waals surface area contributed by atoms with Gasteiger partial charge in [0.2, 0.25) is 0 Å². The van der Waals surface area contributed by atoms with Crippen LogP contribution >= 0.6 is 0 Å². The molecule has 0 aromatic carbocycles. The standard InChI is InChI=1S/C13H21N3O2/c1-9-5-4-6-11(15-9)12-7-14-8-16(12)10(2)13(17)18-3/h7-11,15H,4-6H2,1-3H3. The predicted octanol–water partition coefficient (Wildman–Crippen LogP) is 1.82. The van der Waals surface area contributed by atoms with Crippen molar-refractivity contribution in [1.82, 2.24) is 14.9 Å². The third-order valence-corrected chi connectivity index (χ3v) is 3.63. The number of carbonyl (C=O) groups excluding carboxylic acids is 1. The largest absolute Gasteiger partial charge is 0.467 e. The summed E-state index contributed by atoms with van der Waals surface area (Å²) in [5.41, 5.74) is 1.07. The highest BCUT2D eigenvalue weighted by Gasteiger charge is 2.25. The monoisotopic (exact) mass is 251 g/mol. The number of methoxy groups -OCH3 is 1. The third-order valence-electron chi connectivity index (χ3n) is 3.63. The quantitative estimate of drug-likeness (QED) is 0.833. The van der Waals surface area contributed by atoms with Crippen molar-refractivity contribution < 1.29 is 9.53 Å². The van der Waals surface area contributed by atoms with E-state index in [0.717, 1.165) is 12.1 Å². The Morgan fingerprint density at radius 3 is 3.06 bits per heavy atom. The number of rotatable bonds is 3. The van der Waals surface area contributed by atoms with Crippen LogP contribution in [0.4, 0.5) is 0 Å². The van der Waals surface area contributed by atoms with Gasteiger partial charge >= 0.3 is 5.97 Å². The van der Waals surface area contributed by atoms with Crippen molar-refractivity contribution in [3.8, 4) is 0 Å². The molecule has 0 aliphatic carbocycles. The van der Waals surface area contributed by atoms with Crippen LogP contribution in [0.15, 0.2) is 12.5 Å². The Hall–Kier alpha value is -1.36. The molecule has 1 aliphatic rings. The normalized spacial score (nSPS) is 25.7. The number of ether oxygens (including phenoxy) is 1. The minimum Gasteiger partial charge on any atom is -0.467 e. The molecule has 2 heterocycles. The molecule has 3 atom stereocenters. The molecule has 1 aromatic heterocycles. The fourth-order valence-electron chi connectivity index (χ4n) is 2.56.